The summed E-state index contributed by atoms with van der Waals surface area (Å²) < 4.78 is 0. The zero-order valence-electron chi connectivity index (χ0n) is 36.9. The summed E-state index contributed by atoms with van der Waals surface area (Å²) in [5.74, 6) is -1.62. The average molecular weight is 1230 g/mol. The van der Waals surface area contributed by atoms with Gasteiger partial charge >= 0.3 is 11.7 Å². The molecule has 1 saturated heterocycles. The number of hydrogen-bond acceptors (Lipinski definition) is 9. The molecule has 376 valence electrons. The third-order valence-corrected chi connectivity index (χ3v) is 35.2. The molecule has 1 aliphatic heterocycles. The Hall–Kier alpha value is -3.18. The molecule has 1 fully saturated rings. The summed E-state index contributed by atoms with van der Waals surface area (Å²) in [6, 6.07) is 33.8. The Morgan fingerprint density at radius 2 is 1.07 bits per heavy atom. The van der Waals surface area contributed by atoms with Gasteiger partial charge in [0.2, 0.25) is 5.78 Å². The molecule has 1 aliphatic rings. The molecule has 0 aliphatic carbocycles. The molecule has 4 aromatic rings. The molecule has 0 N–H and O–H groups in total. The Balaban J connectivity index is 0.000000473. The van der Waals surface area contributed by atoms with Crippen LogP contribution in [-0.2, 0) is 179 Å². The van der Waals surface area contributed by atoms with E-state index in [1.807, 2.05) is 118 Å². The van der Waals surface area contributed by atoms with Crippen LogP contribution in [0.1, 0.15) is 92.3 Å². The summed E-state index contributed by atoms with van der Waals surface area (Å²) in [7, 11) is 21.7. The number of imide groups is 1. The summed E-state index contributed by atoms with van der Waals surface area (Å²) >= 11 is 9.45. The van der Waals surface area contributed by atoms with E-state index in [2.05, 4.69) is 19.7 Å². The van der Waals surface area contributed by atoms with E-state index in [1.165, 1.54) is 17.8 Å². The SMILES string of the molecule is C.CCCC(=O)ON1C(=O)CCC1=O.Cc1ccc(C(=[N+]=[N-])C(=O)CCc2ccccc2)cc1.Cc1ccc(C(N=[N+]=[N-])C(=O)CCc2ccccc2)cc1.S=S=S=S=S=S=S=S=S=S=S=S=S=S=S. The minimum absolute atomic E-state index is 0. The molecule has 0 radical (unpaired) electrons. The van der Waals surface area contributed by atoms with Crippen molar-refractivity contribution in [2.75, 3.05) is 0 Å². The van der Waals surface area contributed by atoms with Crippen molar-refractivity contribution in [3.05, 3.63) is 159 Å². The number of rotatable bonds is 14. The molecule has 1 heterocycles. The molecule has 4 aromatic carbocycles. The van der Waals surface area contributed by atoms with Crippen molar-refractivity contribution in [3.8, 4) is 0 Å². The van der Waals surface area contributed by atoms with Crippen LogP contribution in [0.15, 0.2) is 114 Å². The minimum Gasteiger partial charge on any atom is -0.361 e. The number of carbonyl (C=O) groups is 5. The lowest BCUT2D eigenvalue weighted by atomic mass is 9.98. The fourth-order valence-electron chi connectivity index (χ4n) is 5.31. The van der Waals surface area contributed by atoms with E-state index in [0.29, 0.717) is 42.7 Å². The number of amides is 2. The van der Waals surface area contributed by atoms with Crippen LogP contribution in [0.3, 0.4) is 0 Å². The third kappa shape index (κ3) is 28.8. The first-order valence-corrected chi connectivity index (χ1v) is 38.7. The van der Waals surface area contributed by atoms with Gasteiger partial charge in [-0.1, -0.05) is 128 Å². The lowest BCUT2D eigenvalue weighted by molar-refractivity contribution is -0.197. The van der Waals surface area contributed by atoms with Gasteiger partial charge in [-0.25, -0.2) is 4.79 Å². The Bertz CT molecular complexity index is 3020. The maximum Gasteiger partial charge on any atom is 0.364 e. The summed E-state index contributed by atoms with van der Waals surface area (Å²) in [5.41, 5.74) is 23.7. The highest BCUT2D eigenvalue weighted by Crippen LogP contribution is 2.22. The summed E-state index contributed by atoms with van der Waals surface area (Å²) in [5, 5.41) is 4.23. The molecule has 2 amide bonds. The van der Waals surface area contributed by atoms with E-state index >= 15 is 0 Å². The van der Waals surface area contributed by atoms with Gasteiger partial charge in [-0.15, -0.1) is 5.06 Å². The van der Waals surface area contributed by atoms with Gasteiger partial charge < -0.3 is 10.4 Å². The number of azide groups is 1. The number of carbonyl (C=O) groups excluding carboxylic acids is 5. The summed E-state index contributed by atoms with van der Waals surface area (Å²) in [6.07, 6.45) is 3.12. The molecule has 27 heteroatoms. The van der Waals surface area contributed by atoms with Gasteiger partial charge in [-0.05, 0) is 67.5 Å². The van der Waals surface area contributed by atoms with Crippen LogP contribution in [0, 0.1) is 13.8 Å². The van der Waals surface area contributed by atoms with Crippen molar-refractivity contribution in [2.24, 2.45) is 5.11 Å². The van der Waals surface area contributed by atoms with E-state index in [4.69, 9.17) is 33.4 Å². The monoisotopic (exact) mass is 1220 g/mol. The highest BCUT2D eigenvalue weighted by molar-refractivity contribution is 8.76. The fraction of sp³-hybridized carbons (Fsp3) is 0.302. The standard InChI is InChI=1S/C17H17N3O.C17H16N2O.C8H11NO4.CH4.S15/c1-13-7-10-15(11-8-13)17(19-20-18)16(21)12-9-14-5-3-2-4-6-14;1-13-7-10-15(11-8-13)17(19-18)16(20)12-9-14-5-3-2-4-6-14;1-2-3-8(12)13-9-6(10)4-5-7(9)11;;1-3-5-7-9-11-13-15-14-12-10-8-6-4-2/h2-8,10-11,17H,9,12H2,1H3;2-8,10-11H,9,12H2,1H3;2-5H2,1H3;1H4;. The molecular formula is C43H48N6O6S15. The van der Waals surface area contributed by atoms with Crippen LogP contribution >= 0.6 is 0 Å². The molecule has 1 unspecified atom stereocenters. The molecule has 0 aromatic heterocycles. The number of benzene rings is 4. The Labute approximate surface area is 455 Å². The van der Waals surface area contributed by atoms with E-state index in [-0.39, 0.29) is 44.0 Å². The molecule has 70 heavy (non-hydrogen) atoms. The molecular weight excluding hydrogens is 1180 g/mol. The highest BCUT2D eigenvalue weighted by atomic mass is 33.5. The van der Waals surface area contributed by atoms with Crippen molar-refractivity contribution < 1.29 is 33.6 Å². The summed E-state index contributed by atoms with van der Waals surface area (Å²) in [4.78, 5) is 67.8. The van der Waals surface area contributed by atoms with Gasteiger partial charge in [-0.2, -0.15) is 4.79 Å². The number of aryl methyl sites for hydroxylation is 4. The van der Waals surface area contributed by atoms with E-state index in [0.717, 1.165) is 27.8 Å². The first-order valence-electron chi connectivity index (χ1n) is 20.0. The molecule has 12 nitrogen and oxygen atoms in total. The maximum absolute atomic E-state index is 12.3. The zero-order chi connectivity index (χ0) is 50.5. The zero-order valence-corrected chi connectivity index (χ0v) is 49.1. The van der Waals surface area contributed by atoms with Gasteiger partial charge in [0.15, 0.2) is 0 Å². The van der Waals surface area contributed by atoms with Gasteiger partial charge in [0, 0.05) is 175 Å². The normalized spacial score (nSPS) is 10.9. The molecule has 1 atom stereocenters. The van der Waals surface area contributed by atoms with Crippen LogP contribution < -0.4 is 0 Å². The van der Waals surface area contributed by atoms with Crippen molar-refractivity contribution in [2.45, 2.75) is 85.6 Å². The van der Waals surface area contributed by atoms with E-state index in [1.54, 1.807) is 110 Å². The van der Waals surface area contributed by atoms with Crippen LogP contribution in [0.25, 0.3) is 16.0 Å². The van der Waals surface area contributed by atoms with Crippen molar-refractivity contribution in [3.63, 3.8) is 0 Å². The lowest BCUT2D eigenvalue weighted by Gasteiger charge is -2.11. The predicted molar refractivity (Wildman–Crippen MR) is 321 cm³/mol. The third-order valence-electron chi connectivity index (χ3n) is 8.53. The predicted octanol–water partition coefficient (Wildman–Crippen LogP) is 8.76. The number of ketones is 2. The smallest absolute Gasteiger partial charge is 0.361 e. The van der Waals surface area contributed by atoms with Crippen LogP contribution in [0.2, 0.25) is 0 Å². The highest BCUT2D eigenvalue weighted by Gasteiger charge is 2.32. The van der Waals surface area contributed by atoms with E-state index in [9.17, 15) is 24.0 Å². The number of hydroxylamine groups is 2. The van der Waals surface area contributed by atoms with Crippen molar-refractivity contribution in [1.29, 1.82) is 0 Å². The minimum atomic E-state index is -0.737. The molecule has 0 saturated carbocycles. The Morgan fingerprint density at radius 3 is 1.49 bits per heavy atom. The second kappa shape index (κ2) is 41.3. The Kier molecular flexibility index (Phi) is 38.3. The number of nitrogens with zero attached hydrogens (tertiary/aromatic N) is 6. The van der Waals surface area contributed by atoms with Gasteiger partial charge in [0.25, 0.3) is 11.8 Å². The largest absolute Gasteiger partial charge is 0.364 e. The molecule has 0 spiro atoms. The fourth-order valence-corrected chi connectivity index (χ4v) is 35.5. The van der Waals surface area contributed by atoms with Gasteiger partial charge in [-0.3, -0.25) is 19.2 Å². The average Bonchev–Trinajstić information content (AvgIpc) is 3.68. The van der Waals surface area contributed by atoms with Gasteiger partial charge in [0.1, 0.15) is 11.8 Å². The second-order valence-electron chi connectivity index (χ2n) is 13.4. The van der Waals surface area contributed by atoms with Crippen molar-refractivity contribution in [1.82, 2.24) is 5.06 Å². The maximum atomic E-state index is 12.3. The van der Waals surface area contributed by atoms with E-state index < -0.39 is 23.8 Å². The molecule has 0 bridgehead atoms. The van der Waals surface area contributed by atoms with Crippen molar-refractivity contribution >= 4 is 173 Å². The van der Waals surface area contributed by atoms with Crippen LogP contribution in [-0.4, -0.2) is 44.9 Å². The topological polar surface area (TPSA) is 183 Å². The second-order valence-corrected chi connectivity index (χ2v) is 36.4. The first-order chi connectivity index (χ1) is 33.5. The number of hydrogen-bond donors (Lipinski definition) is 0. The number of Topliss-reactive ketones (excluding diaryl/α,β-unsaturated/α-hetero) is 2. The lowest BCUT2D eigenvalue weighted by Crippen LogP contribution is -2.31. The summed E-state index contributed by atoms with van der Waals surface area (Å²) in [6.45, 7) is 5.76. The quantitative estimate of drug-likeness (QED) is 0.0395. The van der Waals surface area contributed by atoms with Gasteiger partial charge in [0.05, 0.1) is 5.56 Å². The molecule has 5 rings (SSSR count). The first kappa shape index (κ1) is 64.8. The van der Waals surface area contributed by atoms with Crippen LogP contribution in [0.5, 0.6) is 0 Å². The Morgan fingerprint density at radius 1 is 0.643 bits per heavy atom. The van der Waals surface area contributed by atoms with Crippen LogP contribution in [0.4, 0.5) is 0 Å².